The van der Waals surface area contributed by atoms with Gasteiger partial charge in [0.05, 0.1) is 28.5 Å². The van der Waals surface area contributed by atoms with Crippen LogP contribution < -0.4 is 5.43 Å². The maximum atomic E-state index is 13.0. The maximum Gasteiger partial charge on any atom is 0.352 e. The van der Waals surface area contributed by atoms with Crippen molar-refractivity contribution in [2.75, 3.05) is 7.11 Å². The number of ether oxygens (including phenoxy) is 1. The summed E-state index contributed by atoms with van der Waals surface area (Å²) in [5.41, 5.74) is 1.95. The average Bonchev–Trinajstić information content (AvgIpc) is 2.63. The molecule has 2 aliphatic rings. The number of pyridine rings is 1. The number of carbonyl (C=O) groups is 1. The first-order chi connectivity index (χ1) is 12.8. The maximum absolute atomic E-state index is 13.0. The first-order valence-corrected chi connectivity index (χ1v) is 10.4. The minimum atomic E-state index is -3.68. The SMILES string of the molecule is COCc1c(C(=O)O)[nH]c2c(c1=O)CS(=O)(=O)c1ccc3c(c1-2)CCCC3. The topological polar surface area (TPSA) is 114 Å². The number of hydrogen-bond acceptors (Lipinski definition) is 5. The summed E-state index contributed by atoms with van der Waals surface area (Å²) in [5, 5.41) is 9.56. The van der Waals surface area contributed by atoms with Crippen molar-refractivity contribution in [3.63, 3.8) is 0 Å². The summed E-state index contributed by atoms with van der Waals surface area (Å²) in [5.74, 6) is -1.72. The molecule has 2 aromatic rings. The monoisotopic (exact) mass is 389 g/mol. The number of nitrogens with one attached hydrogen (secondary N) is 1. The molecule has 27 heavy (non-hydrogen) atoms. The van der Waals surface area contributed by atoms with E-state index in [0.29, 0.717) is 17.7 Å². The van der Waals surface area contributed by atoms with Crippen molar-refractivity contribution in [2.45, 2.75) is 42.9 Å². The largest absolute Gasteiger partial charge is 0.477 e. The summed E-state index contributed by atoms with van der Waals surface area (Å²) in [7, 11) is -2.33. The zero-order valence-corrected chi connectivity index (χ0v) is 15.6. The van der Waals surface area contributed by atoms with Crippen LogP contribution in [0.25, 0.3) is 11.3 Å². The molecule has 7 nitrogen and oxygen atoms in total. The van der Waals surface area contributed by atoms with Crippen molar-refractivity contribution in [3.05, 3.63) is 50.3 Å². The number of benzene rings is 1. The van der Waals surface area contributed by atoms with E-state index in [0.717, 1.165) is 30.4 Å². The van der Waals surface area contributed by atoms with Crippen molar-refractivity contribution in [1.82, 2.24) is 4.98 Å². The van der Waals surface area contributed by atoms with E-state index in [1.54, 1.807) is 6.07 Å². The normalized spacial score (nSPS) is 16.9. The zero-order valence-electron chi connectivity index (χ0n) is 14.8. The van der Waals surface area contributed by atoms with Crippen LogP contribution in [0.1, 0.15) is 45.6 Å². The summed E-state index contributed by atoms with van der Waals surface area (Å²) in [6.45, 7) is -0.204. The Morgan fingerprint density at radius 2 is 1.96 bits per heavy atom. The van der Waals surface area contributed by atoms with Crippen molar-refractivity contribution >= 4 is 15.8 Å². The van der Waals surface area contributed by atoms with Crippen LogP contribution in [0.2, 0.25) is 0 Å². The molecule has 0 saturated heterocycles. The van der Waals surface area contributed by atoms with Crippen molar-refractivity contribution < 1.29 is 23.1 Å². The first kappa shape index (κ1) is 17.9. The number of H-pyrrole nitrogens is 1. The van der Waals surface area contributed by atoms with Gasteiger partial charge in [-0.3, -0.25) is 4.79 Å². The minimum absolute atomic E-state index is 0.0628. The van der Waals surface area contributed by atoms with Crippen molar-refractivity contribution in [1.29, 1.82) is 0 Å². The smallest absolute Gasteiger partial charge is 0.352 e. The molecule has 4 rings (SSSR count). The molecule has 2 N–H and O–H groups in total. The highest BCUT2D eigenvalue weighted by molar-refractivity contribution is 7.90. The lowest BCUT2D eigenvalue weighted by molar-refractivity contribution is 0.0684. The Balaban J connectivity index is 2.12. The molecule has 142 valence electrons. The van der Waals surface area contributed by atoms with E-state index < -0.39 is 27.0 Å². The third kappa shape index (κ3) is 2.71. The second-order valence-corrected chi connectivity index (χ2v) is 8.90. The summed E-state index contributed by atoms with van der Waals surface area (Å²) in [6.07, 6.45) is 3.50. The van der Waals surface area contributed by atoms with E-state index in [2.05, 4.69) is 4.98 Å². The molecule has 1 aromatic carbocycles. The summed E-state index contributed by atoms with van der Waals surface area (Å²) in [6, 6.07) is 3.42. The molecule has 8 heteroatoms. The highest BCUT2D eigenvalue weighted by Crippen LogP contribution is 2.41. The number of aromatic amines is 1. The molecule has 0 spiro atoms. The van der Waals surface area contributed by atoms with Crippen molar-refractivity contribution in [3.8, 4) is 11.3 Å². The van der Waals surface area contributed by atoms with Gasteiger partial charge in [0.1, 0.15) is 5.69 Å². The highest BCUT2D eigenvalue weighted by Gasteiger charge is 2.35. The van der Waals surface area contributed by atoms with Gasteiger partial charge in [0.15, 0.2) is 15.3 Å². The van der Waals surface area contributed by atoms with Crippen molar-refractivity contribution in [2.24, 2.45) is 0 Å². The molecule has 1 aliphatic carbocycles. The van der Waals surface area contributed by atoms with Crippen LogP contribution >= 0.6 is 0 Å². The summed E-state index contributed by atoms with van der Waals surface area (Å²) in [4.78, 5) is 27.7. The molecule has 0 bridgehead atoms. The fourth-order valence-electron chi connectivity index (χ4n) is 4.11. The molecule has 2 heterocycles. The van der Waals surface area contributed by atoms with Crippen LogP contribution in [-0.2, 0) is 39.8 Å². The Kier molecular flexibility index (Phi) is 4.20. The molecule has 1 aromatic heterocycles. The second kappa shape index (κ2) is 6.31. The number of fused-ring (bicyclic) bond motifs is 5. The Bertz CT molecular complexity index is 1130. The number of methoxy groups -OCH3 is 1. The van der Waals surface area contributed by atoms with E-state index in [1.807, 2.05) is 6.07 Å². The quantitative estimate of drug-likeness (QED) is 0.831. The molecule has 0 unspecified atom stereocenters. The lowest BCUT2D eigenvalue weighted by Crippen LogP contribution is -2.29. The Labute approximate surface area is 155 Å². The van der Waals surface area contributed by atoms with Crippen LogP contribution in [0.4, 0.5) is 0 Å². The molecule has 0 fully saturated rings. The van der Waals surface area contributed by atoms with Crippen LogP contribution in [0, 0.1) is 0 Å². The first-order valence-electron chi connectivity index (χ1n) is 8.73. The zero-order chi connectivity index (χ0) is 19.3. The lowest BCUT2D eigenvalue weighted by Gasteiger charge is -2.27. The van der Waals surface area contributed by atoms with Gasteiger partial charge in [-0.25, -0.2) is 13.2 Å². The number of aromatic nitrogens is 1. The van der Waals surface area contributed by atoms with Gasteiger partial charge in [0, 0.05) is 18.2 Å². The lowest BCUT2D eigenvalue weighted by atomic mass is 9.86. The minimum Gasteiger partial charge on any atom is -0.477 e. The Morgan fingerprint density at radius 1 is 1.22 bits per heavy atom. The average molecular weight is 389 g/mol. The molecular formula is C19H19NO6S. The van der Waals surface area contributed by atoms with E-state index >= 15 is 0 Å². The van der Waals surface area contributed by atoms with Crippen LogP contribution in [0.15, 0.2) is 21.8 Å². The van der Waals surface area contributed by atoms with Gasteiger partial charge in [0.2, 0.25) is 0 Å². The number of aryl methyl sites for hydroxylation is 1. The number of hydrogen-bond donors (Lipinski definition) is 2. The van der Waals surface area contributed by atoms with Crippen LogP contribution in [0.5, 0.6) is 0 Å². The predicted octanol–water partition coefficient (Wildman–Crippen LogP) is 2.05. The van der Waals surface area contributed by atoms with Crippen LogP contribution in [-0.4, -0.2) is 31.6 Å². The second-order valence-electron chi connectivity index (χ2n) is 6.94. The van der Waals surface area contributed by atoms with Gasteiger partial charge in [-0.05, 0) is 42.9 Å². The standard InChI is InChI=1S/C19H19NO6S/c1-26-8-12-17(19(22)23)20-16-13(18(12)21)9-27(24,25)14-7-6-10-4-2-3-5-11(10)15(14)16/h6-7H,2-5,8-9H2,1H3,(H,20,21)(H,22,23). The molecule has 0 radical (unpaired) electrons. The predicted molar refractivity (Wildman–Crippen MR) is 97.7 cm³/mol. The van der Waals surface area contributed by atoms with E-state index in [9.17, 15) is 23.1 Å². The fraction of sp³-hybridized carbons (Fsp3) is 0.368. The number of carboxylic acids is 1. The third-order valence-corrected chi connectivity index (χ3v) is 7.00. The number of sulfone groups is 1. The number of carboxylic acid groups (broad SMARTS) is 1. The fourth-order valence-corrected chi connectivity index (χ4v) is 5.73. The van der Waals surface area contributed by atoms with E-state index in [-0.39, 0.29) is 28.3 Å². The van der Waals surface area contributed by atoms with Crippen LogP contribution in [0.3, 0.4) is 0 Å². The molecule has 0 saturated carbocycles. The number of rotatable bonds is 3. The van der Waals surface area contributed by atoms with Gasteiger partial charge in [-0.15, -0.1) is 0 Å². The Morgan fingerprint density at radius 3 is 2.67 bits per heavy atom. The van der Waals surface area contributed by atoms with Gasteiger partial charge in [-0.2, -0.15) is 0 Å². The molecule has 0 atom stereocenters. The number of aromatic carboxylic acids is 1. The molecule has 1 aliphatic heterocycles. The Hall–Kier alpha value is -2.45. The van der Waals surface area contributed by atoms with Gasteiger partial charge in [-0.1, -0.05) is 6.07 Å². The molecular weight excluding hydrogens is 370 g/mol. The summed E-state index contributed by atoms with van der Waals surface area (Å²) < 4.78 is 30.7. The third-order valence-electron chi connectivity index (χ3n) is 5.32. The van der Waals surface area contributed by atoms with Gasteiger partial charge in [0.25, 0.3) is 0 Å². The molecule has 0 amide bonds. The van der Waals surface area contributed by atoms with Gasteiger partial charge >= 0.3 is 5.97 Å². The van der Waals surface area contributed by atoms with E-state index in [1.165, 1.54) is 7.11 Å². The highest BCUT2D eigenvalue weighted by atomic mass is 32.2. The summed E-state index contributed by atoms with van der Waals surface area (Å²) >= 11 is 0. The van der Waals surface area contributed by atoms with Gasteiger partial charge < -0.3 is 14.8 Å². The van der Waals surface area contributed by atoms with E-state index in [4.69, 9.17) is 4.74 Å².